The summed E-state index contributed by atoms with van der Waals surface area (Å²) >= 11 is 4.57. The van der Waals surface area contributed by atoms with E-state index in [1.54, 1.807) is 0 Å². The van der Waals surface area contributed by atoms with Crippen LogP contribution in [0.25, 0.3) is 0 Å². The van der Waals surface area contributed by atoms with Gasteiger partial charge in [0.15, 0.2) is 0 Å². The van der Waals surface area contributed by atoms with Gasteiger partial charge in [-0.05, 0) is 19.8 Å². The predicted molar refractivity (Wildman–Crippen MR) is 62.4 cm³/mol. The number of hydrogen-bond acceptors (Lipinski definition) is 2. The Kier molecular flexibility index (Phi) is 5.73. The van der Waals surface area contributed by atoms with Crippen LogP contribution in [0.1, 0.15) is 46.5 Å². The van der Waals surface area contributed by atoms with Crippen molar-refractivity contribution in [2.24, 2.45) is 0 Å². The molecular formula is C11H22OS. The molecule has 0 aliphatic heterocycles. The molecule has 1 N–H and O–H groups in total. The Balaban J connectivity index is 4.47. The fraction of sp³-hybridized carbons (Fsp3) is 0.818. The first-order valence-electron chi connectivity index (χ1n) is 5.05. The van der Waals surface area contributed by atoms with E-state index < -0.39 is 0 Å². The highest BCUT2D eigenvalue weighted by molar-refractivity contribution is 7.82. The lowest BCUT2D eigenvalue weighted by atomic mass is 9.87. The molecule has 0 spiro atoms. The summed E-state index contributed by atoms with van der Waals surface area (Å²) in [6, 6.07) is 0. The second-order valence-corrected chi connectivity index (χ2v) is 4.56. The molecule has 0 radical (unpaired) electrons. The zero-order chi connectivity index (χ0) is 10.5. The van der Waals surface area contributed by atoms with Crippen molar-refractivity contribution in [2.75, 3.05) is 0 Å². The Morgan fingerprint density at radius 3 is 2.31 bits per heavy atom. The van der Waals surface area contributed by atoms with Crippen LogP contribution in [0.15, 0.2) is 12.2 Å². The minimum absolute atomic E-state index is 0.363. The van der Waals surface area contributed by atoms with E-state index in [0.29, 0.717) is 0 Å². The molecule has 0 aliphatic rings. The van der Waals surface area contributed by atoms with Gasteiger partial charge < -0.3 is 5.11 Å². The van der Waals surface area contributed by atoms with Gasteiger partial charge in [-0.1, -0.05) is 38.8 Å². The quantitative estimate of drug-likeness (QED) is 0.500. The van der Waals surface area contributed by atoms with E-state index in [-0.39, 0.29) is 10.9 Å². The molecule has 0 saturated carbocycles. The minimum atomic E-state index is -0.384. The lowest BCUT2D eigenvalue weighted by Gasteiger charge is -2.34. The highest BCUT2D eigenvalue weighted by Crippen LogP contribution is 2.34. The lowest BCUT2D eigenvalue weighted by molar-refractivity contribution is 0.128. The van der Waals surface area contributed by atoms with Crippen molar-refractivity contribution in [1.82, 2.24) is 0 Å². The van der Waals surface area contributed by atoms with Crippen LogP contribution >= 0.6 is 12.6 Å². The van der Waals surface area contributed by atoms with Crippen molar-refractivity contribution in [3.05, 3.63) is 12.2 Å². The van der Waals surface area contributed by atoms with Crippen molar-refractivity contribution >= 4 is 12.6 Å². The Bertz CT molecular complexity index is 167. The molecule has 0 amide bonds. The molecule has 0 aromatic rings. The summed E-state index contributed by atoms with van der Waals surface area (Å²) in [4.78, 5) is 0. The average Bonchev–Trinajstić information content (AvgIpc) is 2.04. The topological polar surface area (TPSA) is 20.2 Å². The molecule has 0 heterocycles. The van der Waals surface area contributed by atoms with Crippen LogP contribution in [0.3, 0.4) is 0 Å². The largest absolute Gasteiger partial charge is 0.391 e. The molecule has 0 rings (SSSR count). The van der Waals surface area contributed by atoms with E-state index in [9.17, 15) is 5.11 Å². The third-order valence-corrected chi connectivity index (χ3v) is 3.39. The van der Waals surface area contributed by atoms with Gasteiger partial charge in [-0.25, -0.2) is 0 Å². The lowest BCUT2D eigenvalue weighted by Crippen LogP contribution is -2.37. The summed E-state index contributed by atoms with van der Waals surface area (Å²) in [5, 5.41) is 9.93. The maximum absolute atomic E-state index is 9.93. The molecule has 2 unspecified atom stereocenters. The smallest absolute Gasteiger partial charge is 0.0721 e. The van der Waals surface area contributed by atoms with E-state index in [4.69, 9.17) is 0 Å². The maximum atomic E-state index is 9.93. The van der Waals surface area contributed by atoms with Gasteiger partial charge in [0, 0.05) is 0 Å². The van der Waals surface area contributed by atoms with Crippen LogP contribution in [0, 0.1) is 0 Å². The van der Waals surface area contributed by atoms with Crippen LogP contribution in [0.5, 0.6) is 0 Å². The monoisotopic (exact) mass is 202 g/mol. The summed E-state index contributed by atoms with van der Waals surface area (Å²) in [5.74, 6) is 0. The van der Waals surface area contributed by atoms with E-state index in [2.05, 4.69) is 33.1 Å². The van der Waals surface area contributed by atoms with E-state index in [1.165, 1.54) is 0 Å². The standard InChI is InChI=1S/C11H22OS/c1-5-7-10(12)11(13,8-6-2)9(3)4/h10,12-13H,3,5-8H2,1-2,4H3. The number of thiol groups is 1. The molecule has 2 heteroatoms. The first-order chi connectivity index (χ1) is 5.99. The van der Waals surface area contributed by atoms with Gasteiger partial charge >= 0.3 is 0 Å². The maximum Gasteiger partial charge on any atom is 0.0721 e. The average molecular weight is 202 g/mol. The third kappa shape index (κ3) is 3.35. The fourth-order valence-electron chi connectivity index (χ4n) is 1.56. The normalized spacial score (nSPS) is 17.9. The highest BCUT2D eigenvalue weighted by atomic mass is 32.1. The van der Waals surface area contributed by atoms with E-state index >= 15 is 0 Å². The third-order valence-electron chi connectivity index (χ3n) is 2.48. The van der Waals surface area contributed by atoms with Crippen molar-refractivity contribution in [1.29, 1.82) is 0 Å². The molecule has 78 valence electrons. The molecule has 0 bridgehead atoms. The summed E-state index contributed by atoms with van der Waals surface area (Å²) in [6.45, 7) is 10.0. The van der Waals surface area contributed by atoms with Gasteiger partial charge in [-0.15, -0.1) is 0 Å². The molecule has 1 nitrogen and oxygen atoms in total. The molecule has 2 atom stereocenters. The molecule has 0 aliphatic carbocycles. The SMILES string of the molecule is C=C(C)C(S)(CCC)C(O)CCC. The minimum Gasteiger partial charge on any atom is -0.391 e. The highest BCUT2D eigenvalue weighted by Gasteiger charge is 2.33. The second kappa shape index (κ2) is 5.71. The first kappa shape index (κ1) is 13.1. The van der Waals surface area contributed by atoms with E-state index in [0.717, 1.165) is 31.3 Å². The number of aliphatic hydroxyl groups excluding tert-OH is 1. The van der Waals surface area contributed by atoms with Gasteiger partial charge in [-0.2, -0.15) is 12.6 Å². The zero-order valence-electron chi connectivity index (χ0n) is 9.01. The van der Waals surface area contributed by atoms with Gasteiger partial charge in [0.25, 0.3) is 0 Å². The van der Waals surface area contributed by atoms with Gasteiger partial charge in [0.2, 0.25) is 0 Å². The number of aliphatic hydroxyl groups is 1. The van der Waals surface area contributed by atoms with Gasteiger partial charge in [-0.3, -0.25) is 0 Å². The van der Waals surface area contributed by atoms with Crippen LogP contribution in [0.2, 0.25) is 0 Å². The number of hydrogen-bond donors (Lipinski definition) is 2. The second-order valence-electron chi connectivity index (χ2n) is 3.76. The first-order valence-corrected chi connectivity index (χ1v) is 5.50. The zero-order valence-corrected chi connectivity index (χ0v) is 9.90. The van der Waals surface area contributed by atoms with Crippen LogP contribution < -0.4 is 0 Å². The Labute approximate surface area is 87.6 Å². The van der Waals surface area contributed by atoms with Crippen LogP contribution in [-0.4, -0.2) is 16.0 Å². The summed E-state index contributed by atoms with van der Waals surface area (Å²) in [5.41, 5.74) is 0.971. The molecule has 0 aromatic heterocycles. The van der Waals surface area contributed by atoms with Crippen molar-refractivity contribution in [2.45, 2.75) is 57.3 Å². The van der Waals surface area contributed by atoms with Crippen molar-refractivity contribution in [3.8, 4) is 0 Å². The molecule has 13 heavy (non-hydrogen) atoms. The van der Waals surface area contributed by atoms with Gasteiger partial charge in [0.1, 0.15) is 0 Å². The molecule has 0 fully saturated rings. The summed E-state index contributed by atoms with van der Waals surface area (Å²) in [7, 11) is 0. The van der Waals surface area contributed by atoms with Crippen LogP contribution in [0.4, 0.5) is 0 Å². The van der Waals surface area contributed by atoms with Crippen LogP contribution in [-0.2, 0) is 0 Å². The van der Waals surface area contributed by atoms with Crippen molar-refractivity contribution < 1.29 is 5.11 Å². The Hall–Kier alpha value is 0.0500. The van der Waals surface area contributed by atoms with Crippen molar-refractivity contribution in [3.63, 3.8) is 0 Å². The number of rotatable bonds is 6. The summed E-state index contributed by atoms with van der Waals surface area (Å²) < 4.78 is -0.384. The molecule has 0 saturated heterocycles. The Morgan fingerprint density at radius 2 is 2.00 bits per heavy atom. The Morgan fingerprint density at radius 1 is 1.46 bits per heavy atom. The predicted octanol–water partition coefficient (Wildman–Crippen LogP) is 3.19. The summed E-state index contributed by atoms with van der Waals surface area (Å²) in [6.07, 6.45) is 3.35. The molecule has 0 aromatic carbocycles. The molecular weight excluding hydrogens is 180 g/mol. The van der Waals surface area contributed by atoms with Gasteiger partial charge in [0.05, 0.1) is 10.9 Å². The van der Waals surface area contributed by atoms with E-state index in [1.807, 2.05) is 6.92 Å². The fourth-order valence-corrected chi connectivity index (χ4v) is 1.91.